The molecule has 0 bridgehead atoms. The lowest BCUT2D eigenvalue weighted by Crippen LogP contribution is -2.20. The Labute approximate surface area is 152 Å². The van der Waals surface area contributed by atoms with Crippen molar-refractivity contribution >= 4 is 33.7 Å². The number of nitro groups is 1. The van der Waals surface area contributed by atoms with Crippen LogP contribution in [-0.2, 0) is 11.2 Å². The van der Waals surface area contributed by atoms with Gasteiger partial charge in [-0.05, 0) is 31.0 Å². The summed E-state index contributed by atoms with van der Waals surface area (Å²) >= 11 is 3.13. The van der Waals surface area contributed by atoms with Crippen LogP contribution in [0.15, 0.2) is 39.9 Å². The first-order valence-corrected chi connectivity index (χ1v) is 8.12. The molecule has 130 valence electrons. The van der Waals surface area contributed by atoms with Crippen molar-refractivity contribution in [3.05, 3.63) is 67.2 Å². The van der Waals surface area contributed by atoms with E-state index in [2.05, 4.69) is 26.5 Å². The number of nitrogens with zero attached hydrogens (tertiary/aromatic N) is 2. The molecule has 0 saturated heterocycles. The summed E-state index contributed by atoms with van der Waals surface area (Å²) in [5.41, 5.74) is 5.04. The van der Waals surface area contributed by atoms with E-state index in [9.17, 15) is 20.0 Å². The van der Waals surface area contributed by atoms with Gasteiger partial charge in [0.2, 0.25) is 11.7 Å². The van der Waals surface area contributed by atoms with Gasteiger partial charge in [-0.2, -0.15) is 5.10 Å². The predicted molar refractivity (Wildman–Crippen MR) is 97.8 cm³/mol. The van der Waals surface area contributed by atoms with Crippen LogP contribution in [0.4, 0.5) is 5.69 Å². The summed E-state index contributed by atoms with van der Waals surface area (Å²) in [6, 6.07) is 8.45. The van der Waals surface area contributed by atoms with E-state index in [1.54, 1.807) is 0 Å². The number of aryl methyl sites for hydroxylation is 2. The number of halogens is 1. The molecular formula is C17H16BrN3O4. The molecule has 0 unspecified atom stereocenters. The van der Waals surface area contributed by atoms with E-state index < -0.39 is 16.4 Å². The van der Waals surface area contributed by atoms with Crippen molar-refractivity contribution in [2.24, 2.45) is 5.10 Å². The number of nitrogens with one attached hydrogen (secondary N) is 1. The van der Waals surface area contributed by atoms with Crippen LogP contribution >= 0.6 is 15.9 Å². The fourth-order valence-corrected chi connectivity index (χ4v) is 2.74. The second-order valence-corrected chi connectivity index (χ2v) is 6.44. The van der Waals surface area contributed by atoms with Gasteiger partial charge < -0.3 is 5.11 Å². The second-order valence-electron chi connectivity index (χ2n) is 5.52. The number of carbonyl (C=O) groups is 1. The summed E-state index contributed by atoms with van der Waals surface area (Å²) in [6.45, 7) is 3.91. The Morgan fingerprint density at radius 2 is 2.08 bits per heavy atom. The monoisotopic (exact) mass is 405 g/mol. The van der Waals surface area contributed by atoms with Gasteiger partial charge in [-0.3, -0.25) is 14.9 Å². The van der Waals surface area contributed by atoms with Gasteiger partial charge >= 0.3 is 5.69 Å². The van der Waals surface area contributed by atoms with Crippen molar-refractivity contribution in [1.82, 2.24) is 5.43 Å². The molecule has 2 aromatic carbocycles. The van der Waals surface area contributed by atoms with Gasteiger partial charge in [-0.15, -0.1) is 0 Å². The second kappa shape index (κ2) is 7.89. The SMILES string of the molecule is Cc1ccc(CC(=O)N/N=C/c2cc(Br)cc([N+](=O)[O-])c2O)c(C)c1. The maximum Gasteiger partial charge on any atom is 0.312 e. The summed E-state index contributed by atoms with van der Waals surface area (Å²) in [5, 5.41) is 24.5. The number of rotatable bonds is 5. The molecule has 0 aliphatic rings. The minimum Gasteiger partial charge on any atom is -0.502 e. The zero-order chi connectivity index (χ0) is 18.6. The average molecular weight is 406 g/mol. The summed E-state index contributed by atoms with van der Waals surface area (Å²) in [5.74, 6) is -0.840. The van der Waals surface area contributed by atoms with Crippen LogP contribution in [0.3, 0.4) is 0 Å². The maximum absolute atomic E-state index is 12.0. The van der Waals surface area contributed by atoms with E-state index in [1.807, 2.05) is 32.0 Å². The van der Waals surface area contributed by atoms with Crippen molar-refractivity contribution < 1.29 is 14.8 Å². The van der Waals surface area contributed by atoms with Gasteiger partial charge in [0.05, 0.1) is 17.6 Å². The summed E-state index contributed by atoms with van der Waals surface area (Å²) in [7, 11) is 0. The molecule has 7 nitrogen and oxygen atoms in total. The highest BCUT2D eigenvalue weighted by Gasteiger charge is 2.17. The van der Waals surface area contributed by atoms with Crippen molar-refractivity contribution in [2.75, 3.05) is 0 Å². The number of phenols is 1. The maximum atomic E-state index is 12.0. The Bertz CT molecular complexity index is 865. The van der Waals surface area contributed by atoms with Crippen LogP contribution in [-0.4, -0.2) is 22.2 Å². The van der Waals surface area contributed by atoms with Gasteiger partial charge in [-0.1, -0.05) is 39.7 Å². The molecule has 0 heterocycles. The first kappa shape index (κ1) is 18.6. The number of carbonyl (C=O) groups excluding carboxylic acids is 1. The fourth-order valence-electron chi connectivity index (χ4n) is 2.27. The minimum absolute atomic E-state index is 0.118. The molecule has 0 spiro atoms. The highest BCUT2D eigenvalue weighted by molar-refractivity contribution is 9.10. The third-order valence-electron chi connectivity index (χ3n) is 3.52. The number of aromatic hydroxyl groups is 1. The number of nitro benzene ring substituents is 1. The molecule has 25 heavy (non-hydrogen) atoms. The van der Waals surface area contributed by atoms with Gasteiger partial charge in [0.15, 0.2) is 0 Å². The molecule has 0 radical (unpaired) electrons. The highest BCUT2D eigenvalue weighted by Crippen LogP contribution is 2.32. The molecule has 0 aliphatic carbocycles. The lowest BCUT2D eigenvalue weighted by Gasteiger charge is -2.06. The number of hydrogen-bond donors (Lipinski definition) is 2. The third-order valence-corrected chi connectivity index (χ3v) is 3.98. The van der Waals surface area contributed by atoms with Gasteiger partial charge in [0, 0.05) is 16.1 Å². The van der Waals surface area contributed by atoms with E-state index in [0.29, 0.717) is 4.47 Å². The number of hydrogen-bond acceptors (Lipinski definition) is 5. The van der Waals surface area contributed by atoms with Gasteiger partial charge in [0.25, 0.3) is 0 Å². The van der Waals surface area contributed by atoms with Crippen LogP contribution in [0.5, 0.6) is 5.75 Å². The Hall–Kier alpha value is -2.74. The van der Waals surface area contributed by atoms with Crippen LogP contribution in [0.2, 0.25) is 0 Å². The first-order chi connectivity index (χ1) is 11.8. The number of hydrazone groups is 1. The molecule has 2 aromatic rings. The largest absolute Gasteiger partial charge is 0.502 e. The van der Waals surface area contributed by atoms with E-state index in [-0.39, 0.29) is 17.9 Å². The molecule has 0 saturated carbocycles. The van der Waals surface area contributed by atoms with E-state index >= 15 is 0 Å². The highest BCUT2D eigenvalue weighted by atomic mass is 79.9. The van der Waals surface area contributed by atoms with Crippen molar-refractivity contribution in [2.45, 2.75) is 20.3 Å². The van der Waals surface area contributed by atoms with E-state index in [4.69, 9.17) is 0 Å². The quantitative estimate of drug-likeness (QED) is 0.451. The molecular weight excluding hydrogens is 390 g/mol. The van der Waals surface area contributed by atoms with Gasteiger partial charge in [-0.25, -0.2) is 5.43 Å². The molecule has 2 N–H and O–H groups in total. The molecule has 0 atom stereocenters. The van der Waals surface area contributed by atoms with E-state index in [1.165, 1.54) is 12.1 Å². The van der Waals surface area contributed by atoms with Crippen LogP contribution in [0.25, 0.3) is 0 Å². The average Bonchev–Trinajstić information content (AvgIpc) is 2.52. The van der Waals surface area contributed by atoms with Crippen LogP contribution in [0, 0.1) is 24.0 Å². The molecule has 0 fully saturated rings. The number of phenolic OH excluding ortho intramolecular Hbond substituents is 1. The molecule has 0 aromatic heterocycles. The van der Waals surface area contributed by atoms with Crippen LogP contribution < -0.4 is 5.43 Å². The number of amides is 1. The standard InChI is InChI=1S/C17H16BrN3O4/c1-10-3-4-12(11(2)5-10)7-16(22)20-19-9-13-6-14(18)8-15(17(13)23)21(24)25/h3-6,8-9,23H,7H2,1-2H3,(H,20,22)/b19-9+. The van der Waals surface area contributed by atoms with Gasteiger partial charge in [0.1, 0.15) is 0 Å². The fraction of sp³-hybridized carbons (Fsp3) is 0.176. The minimum atomic E-state index is -0.698. The molecule has 0 aliphatic heterocycles. The topological polar surface area (TPSA) is 105 Å². The normalized spacial score (nSPS) is 10.8. The Morgan fingerprint density at radius 1 is 1.36 bits per heavy atom. The number of benzene rings is 2. The summed E-state index contributed by atoms with van der Waals surface area (Å²) in [6.07, 6.45) is 1.32. The summed E-state index contributed by atoms with van der Waals surface area (Å²) in [4.78, 5) is 22.1. The van der Waals surface area contributed by atoms with Crippen molar-refractivity contribution in [3.8, 4) is 5.75 Å². The Balaban J connectivity index is 2.08. The Morgan fingerprint density at radius 3 is 2.72 bits per heavy atom. The molecule has 2 rings (SSSR count). The smallest absolute Gasteiger partial charge is 0.312 e. The Kier molecular flexibility index (Phi) is 5.87. The van der Waals surface area contributed by atoms with Crippen molar-refractivity contribution in [1.29, 1.82) is 0 Å². The summed E-state index contributed by atoms with van der Waals surface area (Å²) < 4.78 is 0.417. The third kappa shape index (κ3) is 4.87. The molecule has 1 amide bonds. The van der Waals surface area contributed by atoms with E-state index in [0.717, 1.165) is 22.9 Å². The zero-order valence-corrected chi connectivity index (χ0v) is 15.2. The van der Waals surface area contributed by atoms with Crippen molar-refractivity contribution in [3.63, 3.8) is 0 Å². The first-order valence-electron chi connectivity index (χ1n) is 7.33. The lowest BCUT2D eigenvalue weighted by atomic mass is 10.0. The zero-order valence-electron chi connectivity index (χ0n) is 13.6. The van der Waals surface area contributed by atoms with Crippen LogP contribution in [0.1, 0.15) is 22.3 Å². The lowest BCUT2D eigenvalue weighted by molar-refractivity contribution is -0.385. The molecule has 8 heteroatoms. The predicted octanol–water partition coefficient (Wildman–Crippen LogP) is 3.37.